The highest BCUT2D eigenvalue weighted by Crippen LogP contribution is 2.35. The largest absolute Gasteiger partial charge is 0.492 e. The maximum absolute atomic E-state index is 12.0. The molecule has 1 aliphatic carbocycles. The number of nitrogens with one attached hydrogen (secondary N) is 1. The minimum absolute atomic E-state index is 0.170. The van der Waals surface area contributed by atoms with Crippen molar-refractivity contribution in [3.8, 4) is 17.2 Å². The molecule has 2 aliphatic rings. The number of carbonyl (C=O) groups is 1. The molecular weight excluding hydrogens is 270 g/mol. The first kappa shape index (κ1) is 14.0. The van der Waals surface area contributed by atoms with E-state index in [1.807, 2.05) is 18.2 Å². The second-order valence-corrected chi connectivity index (χ2v) is 5.49. The van der Waals surface area contributed by atoms with Crippen molar-refractivity contribution in [2.24, 2.45) is 5.92 Å². The molecule has 0 radical (unpaired) electrons. The molecule has 1 aliphatic heterocycles. The maximum Gasteiger partial charge on any atom is 0.231 e. The van der Waals surface area contributed by atoms with Crippen LogP contribution in [0.1, 0.15) is 32.1 Å². The molecule has 5 heteroatoms. The van der Waals surface area contributed by atoms with Crippen LogP contribution in [-0.4, -0.2) is 25.9 Å². The van der Waals surface area contributed by atoms with E-state index < -0.39 is 0 Å². The fourth-order valence-corrected chi connectivity index (χ4v) is 2.82. The first-order chi connectivity index (χ1) is 10.3. The van der Waals surface area contributed by atoms with Gasteiger partial charge in [0.05, 0.1) is 6.54 Å². The minimum Gasteiger partial charge on any atom is -0.492 e. The van der Waals surface area contributed by atoms with Gasteiger partial charge in [-0.3, -0.25) is 4.79 Å². The lowest BCUT2D eigenvalue weighted by molar-refractivity contribution is -0.126. The van der Waals surface area contributed by atoms with E-state index >= 15 is 0 Å². The van der Waals surface area contributed by atoms with Crippen molar-refractivity contribution in [2.45, 2.75) is 32.1 Å². The first-order valence-corrected chi connectivity index (χ1v) is 7.63. The van der Waals surface area contributed by atoms with E-state index in [4.69, 9.17) is 14.2 Å². The molecule has 0 spiro atoms. The van der Waals surface area contributed by atoms with E-state index in [2.05, 4.69) is 5.32 Å². The Morgan fingerprint density at radius 1 is 1.19 bits per heavy atom. The summed E-state index contributed by atoms with van der Waals surface area (Å²) in [4.78, 5) is 12.0. The lowest BCUT2D eigenvalue weighted by atomic mass is 9.89. The molecule has 1 aromatic rings. The van der Waals surface area contributed by atoms with Crippen molar-refractivity contribution < 1.29 is 19.0 Å². The SMILES string of the molecule is O=C(NCCOc1ccc2c(c1)OCO2)C1CCCCC1. The fourth-order valence-electron chi connectivity index (χ4n) is 2.82. The predicted molar refractivity (Wildman–Crippen MR) is 77.6 cm³/mol. The van der Waals surface area contributed by atoms with Gasteiger partial charge in [-0.1, -0.05) is 19.3 Å². The molecular formula is C16H21NO4. The molecule has 3 rings (SSSR count). The van der Waals surface area contributed by atoms with Crippen LogP contribution in [0.2, 0.25) is 0 Å². The zero-order chi connectivity index (χ0) is 14.5. The Hall–Kier alpha value is -1.91. The summed E-state index contributed by atoms with van der Waals surface area (Å²) in [6.07, 6.45) is 5.65. The van der Waals surface area contributed by atoms with Crippen LogP contribution in [-0.2, 0) is 4.79 Å². The van der Waals surface area contributed by atoms with Gasteiger partial charge in [-0.15, -0.1) is 0 Å². The van der Waals surface area contributed by atoms with Crippen LogP contribution in [0.4, 0.5) is 0 Å². The molecule has 1 heterocycles. The van der Waals surface area contributed by atoms with E-state index in [1.165, 1.54) is 19.3 Å². The summed E-state index contributed by atoms with van der Waals surface area (Å²) < 4.78 is 16.2. The Balaban J connectivity index is 1.39. The highest BCUT2D eigenvalue weighted by Gasteiger charge is 2.20. The number of benzene rings is 1. The third-order valence-corrected chi connectivity index (χ3v) is 3.99. The standard InChI is InChI=1S/C16H21NO4/c18-16(12-4-2-1-3-5-12)17-8-9-19-13-6-7-14-15(10-13)21-11-20-14/h6-7,10,12H,1-5,8-9,11H2,(H,17,18). The van der Waals surface area contributed by atoms with Crippen LogP contribution in [0.5, 0.6) is 17.2 Å². The van der Waals surface area contributed by atoms with Crippen LogP contribution in [0.3, 0.4) is 0 Å². The van der Waals surface area contributed by atoms with Crippen molar-refractivity contribution in [3.05, 3.63) is 18.2 Å². The molecule has 114 valence electrons. The number of hydrogen-bond donors (Lipinski definition) is 1. The number of ether oxygens (including phenoxy) is 3. The Morgan fingerprint density at radius 2 is 2.00 bits per heavy atom. The molecule has 0 saturated heterocycles. The van der Waals surface area contributed by atoms with Gasteiger partial charge in [0.25, 0.3) is 0 Å². The van der Waals surface area contributed by atoms with Gasteiger partial charge in [-0.25, -0.2) is 0 Å². The number of rotatable bonds is 5. The lowest BCUT2D eigenvalue weighted by Gasteiger charge is -2.20. The molecule has 1 amide bonds. The van der Waals surface area contributed by atoms with Gasteiger partial charge in [-0.2, -0.15) is 0 Å². The van der Waals surface area contributed by atoms with E-state index in [9.17, 15) is 4.79 Å². The summed E-state index contributed by atoms with van der Waals surface area (Å²) >= 11 is 0. The Bertz CT molecular complexity index is 497. The number of fused-ring (bicyclic) bond motifs is 1. The molecule has 0 aromatic heterocycles. The van der Waals surface area contributed by atoms with Crippen molar-refractivity contribution in [2.75, 3.05) is 19.9 Å². The maximum atomic E-state index is 12.0. The second kappa shape index (κ2) is 6.70. The van der Waals surface area contributed by atoms with Gasteiger partial charge in [0.1, 0.15) is 12.4 Å². The zero-order valence-corrected chi connectivity index (χ0v) is 12.1. The molecule has 1 saturated carbocycles. The normalized spacial score (nSPS) is 17.5. The van der Waals surface area contributed by atoms with Crippen LogP contribution in [0, 0.1) is 5.92 Å². The first-order valence-electron chi connectivity index (χ1n) is 7.63. The fraction of sp³-hybridized carbons (Fsp3) is 0.562. The molecule has 5 nitrogen and oxygen atoms in total. The van der Waals surface area contributed by atoms with Crippen LogP contribution in [0.15, 0.2) is 18.2 Å². The number of hydrogen-bond acceptors (Lipinski definition) is 4. The number of carbonyl (C=O) groups excluding carboxylic acids is 1. The molecule has 1 N–H and O–H groups in total. The van der Waals surface area contributed by atoms with Gasteiger partial charge in [0, 0.05) is 12.0 Å². The smallest absolute Gasteiger partial charge is 0.231 e. The Kier molecular flexibility index (Phi) is 4.48. The Morgan fingerprint density at radius 3 is 2.86 bits per heavy atom. The summed E-state index contributed by atoms with van der Waals surface area (Å²) in [5.74, 6) is 2.55. The van der Waals surface area contributed by atoms with E-state index in [1.54, 1.807) is 0 Å². The van der Waals surface area contributed by atoms with E-state index in [-0.39, 0.29) is 18.6 Å². The molecule has 0 bridgehead atoms. The predicted octanol–water partition coefficient (Wildman–Crippen LogP) is 2.49. The summed E-state index contributed by atoms with van der Waals surface area (Å²) in [6.45, 7) is 1.25. The van der Waals surface area contributed by atoms with Crippen molar-refractivity contribution >= 4 is 5.91 Å². The molecule has 0 atom stereocenters. The van der Waals surface area contributed by atoms with Crippen LogP contribution in [0.25, 0.3) is 0 Å². The third kappa shape index (κ3) is 3.60. The van der Waals surface area contributed by atoms with Gasteiger partial charge in [0.2, 0.25) is 12.7 Å². The van der Waals surface area contributed by atoms with E-state index in [0.29, 0.717) is 18.9 Å². The third-order valence-electron chi connectivity index (χ3n) is 3.99. The zero-order valence-electron chi connectivity index (χ0n) is 12.1. The summed E-state index contributed by atoms with van der Waals surface area (Å²) in [5.41, 5.74) is 0. The van der Waals surface area contributed by atoms with Gasteiger partial charge in [0.15, 0.2) is 11.5 Å². The van der Waals surface area contributed by atoms with Crippen molar-refractivity contribution in [1.82, 2.24) is 5.32 Å². The summed E-state index contributed by atoms with van der Waals surface area (Å²) in [5, 5.41) is 2.96. The average Bonchev–Trinajstić information content (AvgIpc) is 3.00. The van der Waals surface area contributed by atoms with Gasteiger partial charge in [-0.05, 0) is 25.0 Å². The monoisotopic (exact) mass is 291 g/mol. The van der Waals surface area contributed by atoms with Crippen molar-refractivity contribution in [3.63, 3.8) is 0 Å². The second-order valence-electron chi connectivity index (χ2n) is 5.49. The molecule has 1 fully saturated rings. The van der Waals surface area contributed by atoms with Crippen LogP contribution < -0.4 is 19.5 Å². The Labute approximate surface area is 124 Å². The molecule has 1 aromatic carbocycles. The van der Waals surface area contributed by atoms with E-state index in [0.717, 1.165) is 24.3 Å². The quantitative estimate of drug-likeness (QED) is 0.847. The topological polar surface area (TPSA) is 56.8 Å². The number of amides is 1. The molecule has 21 heavy (non-hydrogen) atoms. The van der Waals surface area contributed by atoms with Crippen molar-refractivity contribution in [1.29, 1.82) is 0 Å². The van der Waals surface area contributed by atoms with Gasteiger partial charge < -0.3 is 19.5 Å². The highest BCUT2D eigenvalue weighted by molar-refractivity contribution is 5.78. The lowest BCUT2D eigenvalue weighted by Crippen LogP contribution is -2.34. The summed E-state index contributed by atoms with van der Waals surface area (Å²) in [6, 6.07) is 5.49. The minimum atomic E-state index is 0.170. The molecule has 0 unspecified atom stereocenters. The highest BCUT2D eigenvalue weighted by atomic mass is 16.7. The van der Waals surface area contributed by atoms with Crippen LogP contribution >= 0.6 is 0 Å². The summed E-state index contributed by atoms with van der Waals surface area (Å²) in [7, 11) is 0. The average molecular weight is 291 g/mol. The van der Waals surface area contributed by atoms with Gasteiger partial charge >= 0.3 is 0 Å².